The number of piperidine rings is 1. The molecule has 0 aliphatic carbocycles. The Bertz CT molecular complexity index is 502. The lowest BCUT2D eigenvalue weighted by Gasteiger charge is -2.41. The van der Waals surface area contributed by atoms with Gasteiger partial charge in [0.2, 0.25) is 0 Å². The van der Waals surface area contributed by atoms with Crippen LogP contribution < -0.4 is 5.73 Å². The number of hydrogen-bond acceptors (Lipinski definition) is 2. The number of halogens is 1. The van der Waals surface area contributed by atoms with E-state index in [1.807, 2.05) is 6.07 Å². The molecule has 0 aromatic heterocycles. The summed E-state index contributed by atoms with van der Waals surface area (Å²) in [5, 5.41) is 0. The van der Waals surface area contributed by atoms with Crippen molar-refractivity contribution in [3.8, 4) is 0 Å². The first kappa shape index (κ1) is 16.4. The van der Waals surface area contributed by atoms with Crippen LogP contribution in [0.15, 0.2) is 18.2 Å². The summed E-state index contributed by atoms with van der Waals surface area (Å²) in [7, 11) is 0. The predicted molar refractivity (Wildman–Crippen MR) is 89.8 cm³/mol. The topological polar surface area (TPSA) is 29.3 Å². The molecule has 0 bridgehead atoms. The third kappa shape index (κ3) is 3.80. The van der Waals surface area contributed by atoms with Crippen LogP contribution in [0.4, 0.5) is 4.39 Å². The Morgan fingerprint density at radius 3 is 2.43 bits per heavy atom. The second-order valence-corrected chi connectivity index (χ2v) is 6.60. The SMILES string of the molecule is CCC1(CC)CCN(Cc2ccc(F)c(C(N)=S)c2)CC1. The maximum Gasteiger partial charge on any atom is 0.133 e. The Morgan fingerprint density at radius 1 is 1.29 bits per heavy atom. The molecular formula is C17H25FN2S. The van der Waals surface area contributed by atoms with Crippen LogP contribution in [0.2, 0.25) is 0 Å². The second kappa shape index (κ2) is 6.84. The monoisotopic (exact) mass is 308 g/mol. The molecule has 4 heteroatoms. The predicted octanol–water partition coefficient (Wildman–Crippen LogP) is 3.86. The zero-order valence-corrected chi connectivity index (χ0v) is 13.8. The van der Waals surface area contributed by atoms with Gasteiger partial charge in [-0.15, -0.1) is 0 Å². The van der Waals surface area contributed by atoms with Crippen LogP contribution in [0.1, 0.15) is 50.7 Å². The number of hydrogen-bond donors (Lipinski definition) is 1. The van der Waals surface area contributed by atoms with E-state index in [1.54, 1.807) is 6.07 Å². The minimum Gasteiger partial charge on any atom is -0.389 e. The maximum atomic E-state index is 13.6. The molecule has 116 valence electrons. The van der Waals surface area contributed by atoms with Crippen molar-refractivity contribution in [3.05, 3.63) is 35.1 Å². The van der Waals surface area contributed by atoms with Gasteiger partial charge in [-0.2, -0.15) is 0 Å². The Morgan fingerprint density at radius 2 is 1.90 bits per heavy atom. The first-order chi connectivity index (χ1) is 9.99. The Kier molecular flexibility index (Phi) is 5.33. The largest absolute Gasteiger partial charge is 0.389 e. The summed E-state index contributed by atoms with van der Waals surface area (Å²) < 4.78 is 13.6. The van der Waals surface area contributed by atoms with Gasteiger partial charge in [-0.25, -0.2) is 4.39 Å². The van der Waals surface area contributed by atoms with Crippen molar-refractivity contribution < 1.29 is 4.39 Å². The summed E-state index contributed by atoms with van der Waals surface area (Å²) in [6.07, 6.45) is 5.03. The fraction of sp³-hybridized carbons (Fsp3) is 0.588. The van der Waals surface area contributed by atoms with Crippen molar-refractivity contribution >= 4 is 17.2 Å². The lowest BCUT2D eigenvalue weighted by Crippen LogP contribution is -2.39. The fourth-order valence-electron chi connectivity index (χ4n) is 3.26. The molecule has 1 aromatic rings. The average molecular weight is 308 g/mol. The summed E-state index contributed by atoms with van der Waals surface area (Å²) in [5.74, 6) is -0.333. The highest BCUT2D eigenvalue weighted by Crippen LogP contribution is 2.38. The molecule has 2 N–H and O–H groups in total. The van der Waals surface area contributed by atoms with Gasteiger partial charge in [0, 0.05) is 12.1 Å². The van der Waals surface area contributed by atoms with Gasteiger partial charge in [0.05, 0.1) is 0 Å². The third-order valence-corrected chi connectivity index (χ3v) is 5.34. The third-order valence-electron chi connectivity index (χ3n) is 5.12. The van der Waals surface area contributed by atoms with Crippen LogP contribution in [0.5, 0.6) is 0 Å². The van der Waals surface area contributed by atoms with Gasteiger partial charge in [-0.05, 0) is 49.0 Å². The first-order valence-corrected chi connectivity index (χ1v) is 8.21. The number of likely N-dealkylation sites (tertiary alicyclic amines) is 1. The molecule has 0 spiro atoms. The zero-order chi connectivity index (χ0) is 15.5. The molecule has 1 saturated heterocycles. The van der Waals surface area contributed by atoms with Crippen LogP contribution >= 0.6 is 12.2 Å². The molecule has 1 aliphatic heterocycles. The van der Waals surface area contributed by atoms with E-state index in [0.717, 1.165) is 25.2 Å². The Labute approximate surface area is 132 Å². The van der Waals surface area contributed by atoms with Crippen LogP contribution in [-0.4, -0.2) is 23.0 Å². The minimum atomic E-state index is -0.333. The summed E-state index contributed by atoms with van der Waals surface area (Å²) in [5.41, 5.74) is 7.54. The summed E-state index contributed by atoms with van der Waals surface area (Å²) >= 11 is 4.90. The van der Waals surface area contributed by atoms with Crippen LogP contribution in [0, 0.1) is 11.2 Å². The lowest BCUT2D eigenvalue weighted by molar-refractivity contribution is 0.0909. The van der Waals surface area contributed by atoms with Gasteiger partial charge in [-0.1, -0.05) is 45.0 Å². The minimum absolute atomic E-state index is 0.129. The maximum absolute atomic E-state index is 13.6. The number of rotatable bonds is 5. The zero-order valence-electron chi connectivity index (χ0n) is 13.0. The highest BCUT2D eigenvalue weighted by Gasteiger charge is 2.31. The van der Waals surface area contributed by atoms with Crippen molar-refractivity contribution in [1.29, 1.82) is 0 Å². The average Bonchev–Trinajstić information content (AvgIpc) is 2.50. The molecule has 0 saturated carbocycles. The molecule has 1 aliphatic rings. The van der Waals surface area contributed by atoms with Crippen molar-refractivity contribution in [2.24, 2.45) is 11.1 Å². The van der Waals surface area contributed by atoms with Crippen LogP contribution in [0.3, 0.4) is 0 Å². The molecular weight excluding hydrogens is 283 g/mol. The van der Waals surface area contributed by atoms with Crippen molar-refractivity contribution in [2.45, 2.75) is 46.1 Å². The summed E-state index contributed by atoms with van der Waals surface area (Å²) in [6, 6.07) is 5.09. The molecule has 21 heavy (non-hydrogen) atoms. The van der Waals surface area contributed by atoms with Crippen LogP contribution in [-0.2, 0) is 6.54 Å². The lowest BCUT2D eigenvalue weighted by atomic mass is 9.74. The van der Waals surface area contributed by atoms with Gasteiger partial charge < -0.3 is 5.73 Å². The van der Waals surface area contributed by atoms with Crippen molar-refractivity contribution in [1.82, 2.24) is 4.90 Å². The van der Waals surface area contributed by atoms with E-state index < -0.39 is 0 Å². The highest BCUT2D eigenvalue weighted by atomic mass is 32.1. The summed E-state index contributed by atoms with van der Waals surface area (Å²) in [4.78, 5) is 2.57. The van der Waals surface area contributed by atoms with Crippen LogP contribution in [0.25, 0.3) is 0 Å². The Hall–Kier alpha value is -1.00. The van der Waals surface area contributed by atoms with Crippen molar-refractivity contribution in [2.75, 3.05) is 13.1 Å². The normalized spacial score (nSPS) is 18.6. The van der Waals surface area contributed by atoms with Crippen molar-refractivity contribution in [3.63, 3.8) is 0 Å². The molecule has 1 fully saturated rings. The van der Waals surface area contributed by atoms with Gasteiger partial charge in [0.25, 0.3) is 0 Å². The molecule has 0 radical (unpaired) electrons. The quantitative estimate of drug-likeness (QED) is 0.838. The van der Waals surface area contributed by atoms with E-state index >= 15 is 0 Å². The van der Waals surface area contributed by atoms with Gasteiger partial charge in [0.15, 0.2) is 0 Å². The number of nitrogens with zero attached hydrogens (tertiary/aromatic N) is 1. The van der Waals surface area contributed by atoms with E-state index in [1.165, 1.54) is 31.7 Å². The molecule has 2 nitrogen and oxygen atoms in total. The smallest absolute Gasteiger partial charge is 0.133 e. The molecule has 0 unspecified atom stereocenters. The van der Waals surface area contributed by atoms with E-state index in [-0.39, 0.29) is 10.8 Å². The van der Waals surface area contributed by atoms with E-state index in [9.17, 15) is 4.39 Å². The number of nitrogens with two attached hydrogens (primary N) is 1. The molecule has 1 heterocycles. The summed E-state index contributed by atoms with van der Waals surface area (Å²) in [6.45, 7) is 7.67. The fourth-order valence-corrected chi connectivity index (χ4v) is 3.42. The van der Waals surface area contributed by atoms with Gasteiger partial charge >= 0.3 is 0 Å². The molecule has 0 atom stereocenters. The van der Waals surface area contributed by atoms with E-state index in [0.29, 0.717) is 11.0 Å². The standard InChI is InChI=1S/C17H25FN2S/c1-3-17(4-2)7-9-20(10-8-17)12-13-5-6-15(18)14(11-13)16(19)21/h5-6,11H,3-4,7-10,12H2,1-2H3,(H2,19,21). The second-order valence-electron chi connectivity index (χ2n) is 6.16. The van der Waals surface area contributed by atoms with E-state index in [2.05, 4.69) is 18.7 Å². The number of thiocarbonyl (C=S) groups is 1. The highest BCUT2D eigenvalue weighted by molar-refractivity contribution is 7.80. The first-order valence-electron chi connectivity index (χ1n) is 7.80. The number of benzene rings is 1. The van der Waals surface area contributed by atoms with Gasteiger partial charge in [0.1, 0.15) is 10.8 Å². The molecule has 1 aromatic carbocycles. The Balaban J connectivity index is 2.01. The van der Waals surface area contributed by atoms with E-state index in [4.69, 9.17) is 18.0 Å². The molecule has 2 rings (SSSR count). The molecule has 0 amide bonds. The van der Waals surface area contributed by atoms with Gasteiger partial charge in [-0.3, -0.25) is 4.90 Å².